The number of rotatable bonds is 7. The Bertz CT molecular complexity index is 1010. The van der Waals surface area contributed by atoms with Gasteiger partial charge in [0.15, 0.2) is 0 Å². The molecule has 6 nitrogen and oxygen atoms in total. The summed E-state index contributed by atoms with van der Waals surface area (Å²) in [5.74, 6) is 0.365. The Morgan fingerprint density at radius 1 is 1.21 bits per heavy atom. The molecule has 1 atom stereocenters. The molecule has 29 heavy (non-hydrogen) atoms. The Morgan fingerprint density at radius 2 is 2.00 bits per heavy atom. The van der Waals surface area contributed by atoms with Crippen LogP contribution >= 0.6 is 11.3 Å². The number of nitrogens with zero attached hydrogens (tertiary/aromatic N) is 2. The van der Waals surface area contributed by atoms with E-state index in [-0.39, 0.29) is 23.8 Å². The summed E-state index contributed by atoms with van der Waals surface area (Å²) in [5.41, 5.74) is 2.45. The zero-order valence-electron chi connectivity index (χ0n) is 16.1. The second kappa shape index (κ2) is 8.53. The first-order chi connectivity index (χ1) is 14.1. The average molecular weight is 407 g/mol. The molecule has 148 valence electrons. The van der Waals surface area contributed by atoms with E-state index in [0.29, 0.717) is 17.9 Å². The molecule has 1 aliphatic carbocycles. The molecule has 1 saturated carbocycles. The van der Waals surface area contributed by atoms with E-state index in [1.807, 2.05) is 43.3 Å². The Morgan fingerprint density at radius 3 is 2.72 bits per heavy atom. The maximum Gasteiger partial charge on any atom is 0.276 e. The number of anilines is 1. The molecular weight excluding hydrogens is 384 g/mol. The van der Waals surface area contributed by atoms with E-state index in [1.165, 1.54) is 11.3 Å². The normalized spacial score (nSPS) is 14.2. The maximum absolute atomic E-state index is 12.6. The predicted molar refractivity (Wildman–Crippen MR) is 113 cm³/mol. The van der Waals surface area contributed by atoms with Crippen LogP contribution in [-0.2, 0) is 11.2 Å². The van der Waals surface area contributed by atoms with Gasteiger partial charge < -0.3 is 10.6 Å². The zero-order chi connectivity index (χ0) is 20.2. The second-order valence-corrected chi connectivity index (χ2v) is 8.16. The number of nitrogens with one attached hydrogen (secondary N) is 2. The van der Waals surface area contributed by atoms with Crippen molar-refractivity contribution in [2.24, 2.45) is 5.92 Å². The second-order valence-electron chi connectivity index (χ2n) is 7.27. The number of benzene rings is 1. The van der Waals surface area contributed by atoms with Crippen LogP contribution in [0, 0.1) is 12.8 Å². The van der Waals surface area contributed by atoms with Crippen molar-refractivity contribution in [3.8, 4) is 0 Å². The van der Waals surface area contributed by atoms with E-state index in [1.54, 1.807) is 17.6 Å². The molecule has 7 heteroatoms. The Hall–Kier alpha value is -3.06. The highest BCUT2D eigenvalue weighted by atomic mass is 32.1. The Balaban J connectivity index is 1.51. The van der Waals surface area contributed by atoms with E-state index < -0.39 is 0 Å². The molecule has 2 aromatic heterocycles. The maximum atomic E-state index is 12.6. The molecule has 2 heterocycles. The highest BCUT2D eigenvalue weighted by molar-refractivity contribution is 7.10. The van der Waals surface area contributed by atoms with Crippen molar-refractivity contribution < 1.29 is 9.59 Å². The lowest BCUT2D eigenvalue weighted by Gasteiger charge is -2.16. The van der Waals surface area contributed by atoms with Crippen molar-refractivity contribution in [1.82, 2.24) is 15.3 Å². The largest absolute Gasteiger partial charge is 0.346 e. The summed E-state index contributed by atoms with van der Waals surface area (Å²) in [6.45, 7) is 1.94. The van der Waals surface area contributed by atoms with Crippen molar-refractivity contribution in [3.63, 3.8) is 0 Å². The molecule has 3 aromatic rings. The standard InChI is InChI=1S/C22H22N4O2S/c1-14-9-10-23-19(11-14)26-21(28)18-13-29-22(25-18)17(24-20(27)16-7-8-16)12-15-5-3-2-4-6-15/h2-6,9-11,13,16-17H,7-8,12H2,1H3,(H,24,27)(H,23,26,28)/t17-/m1/s1. The van der Waals surface area contributed by atoms with Crippen LogP contribution in [0.2, 0.25) is 0 Å². The minimum absolute atomic E-state index is 0.0658. The van der Waals surface area contributed by atoms with Gasteiger partial charge in [0.2, 0.25) is 5.91 Å². The van der Waals surface area contributed by atoms with Crippen molar-refractivity contribution in [2.75, 3.05) is 5.32 Å². The molecule has 0 radical (unpaired) electrons. The molecule has 4 rings (SSSR count). The third kappa shape index (κ3) is 5.06. The summed E-state index contributed by atoms with van der Waals surface area (Å²) in [6.07, 6.45) is 4.17. The number of carbonyl (C=O) groups excluding carboxylic acids is 2. The first-order valence-corrected chi connectivity index (χ1v) is 10.5. The Labute approximate surface area is 173 Å². The summed E-state index contributed by atoms with van der Waals surface area (Å²) in [6, 6.07) is 13.4. The van der Waals surface area contributed by atoms with Gasteiger partial charge in [-0.2, -0.15) is 0 Å². The molecule has 0 saturated heterocycles. The lowest BCUT2D eigenvalue weighted by Crippen LogP contribution is -2.31. The molecule has 0 spiro atoms. The summed E-state index contributed by atoms with van der Waals surface area (Å²) in [7, 11) is 0. The fourth-order valence-corrected chi connectivity index (χ4v) is 3.87. The number of thiazole rings is 1. The SMILES string of the molecule is Cc1ccnc(NC(=O)c2csc([C@@H](Cc3ccccc3)NC(=O)C3CC3)n2)c1. The van der Waals surface area contributed by atoms with Crippen LogP contribution in [-0.4, -0.2) is 21.8 Å². The van der Waals surface area contributed by atoms with Gasteiger partial charge in [0.1, 0.15) is 16.5 Å². The van der Waals surface area contributed by atoms with Crippen LogP contribution in [0.1, 0.15) is 45.5 Å². The third-order valence-corrected chi connectivity index (χ3v) is 5.72. The van der Waals surface area contributed by atoms with Gasteiger partial charge in [-0.25, -0.2) is 9.97 Å². The molecule has 1 fully saturated rings. The summed E-state index contributed by atoms with van der Waals surface area (Å²) in [5, 5.41) is 8.35. The molecule has 2 amide bonds. The fourth-order valence-electron chi connectivity index (χ4n) is 3.02. The van der Waals surface area contributed by atoms with Gasteiger partial charge in [-0.15, -0.1) is 11.3 Å². The minimum atomic E-state index is -0.308. The minimum Gasteiger partial charge on any atom is -0.346 e. The summed E-state index contributed by atoms with van der Waals surface area (Å²) < 4.78 is 0. The number of amides is 2. The van der Waals surface area contributed by atoms with Gasteiger partial charge in [0.05, 0.1) is 6.04 Å². The topological polar surface area (TPSA) is 84.0 Å². The van der Waals surface area contributed by atoms with Gasteiger partial charge in [-0.05, 0) is 49.4 Å². The number of hydrogen-bond acceptors (Lipinski definition) is 5. The Kier molecular flexibility index (Phi) is 5.67. The number of aryl methyl sites for hydroxylation is 1. The van der Waals surface area contributed by atoms with E-state index in [2.05, 4.69) is 20.6 Å². The number of pyridine rings is 1. The molecule has 1 aromatic carbocycles. The third-order valence-electron chi connectivity index (χ3n) is 4.76. The number of carbonyl (C=O) groups is 2. The zero-order valence-corrected chi connectivity index (χ0v) is 16.9. The van der Waals surface area contributed by atoms with E-state index >= 15 is 0 Å². The summed E-state index contributed by atoms with van der Waals surface area (Å²) >= 11 is 1.39. The molecule has 0 bridgehead atoms. The van der Waals surface area contributed by atoms with Crippen molar-refractivity contribution >= 4 is 29.0 Å². The number of hydrogen-bond donors (Lipinski definition) is 2. The van der Waals surface area contributed by atoms with Crippen molar-refractivity contribution in [3.05, 3.63) is 75.9 Å². The molecule has 2 N–H and O–H groups in total. The van der Waals surface area contributed by atoms with Crippen LogP contribution < -0.4 is 10.6 Å². The molecule has 0 unspecified atom stereocenters. The van der Waals surface area contributed by atoms with Crippen LogP contribution in [0.3, 0.4) is 0 Å². The van der Waals surface area contributed by atoms with Gasteiger partial charge in [0.25, 0.3) is 5.91 Å². The van der Waals surface area contributed by atoms with Crippen LogP contribution in [0.25, 0.3) is 0 Å². The molecule has 1 aliphatic rings. The van der Waals surface area contributed by atoms with E-state index in [4.69, 9.17) is 0 Å². The first kappa shape index (κ1) is 19.3. The van der Waals surface area contributed by atoms with E-state index in [0.717, 1.165) is 29.0 Å². The van der Waals surface area contributed by atoms with Gasteiger partial charge in [0, 0.05) is 17.5 Å². The fraction of sp³-hybridized carbons (Fsp3) is 0.273. The van der Waals surface area contributed by atoms with Gasteiger partial charge in [-0.3, -0.25) is 9.59 Å². The van der Waals surface area contributed by atoms with Crippen molar-refractivity contribution in [1.29, 1.82) is 0 Å². The predicted octanol–water partition coefficient (Wildman–Crippen LogP) is 3.91. The number of aromatic nitrogens is 2. The van der Waals surface area contributed by atoms with Gasteiger partial charge in [-0.1, -0.05) is 30.3 Å². The van der Waals surface area contributed by atoms with E-state index in [9.17, 15) is 9.59 Å². The van der Waals surface area contributed by atoms with Crippen LogP contribution in [0.5, 0.6) is 0 Å². The smallest absolute Gasteiger partial charge is 0.276 e. The molecular formula is C22H22N4O2S. The van der Waals surface area contributed by atoms with Crippen LogP contribution in [0.15, 0.2) is 54.0 Å². The van der Waals surface area contributed by atoms with Crippen LogP contribution in [0.4, 0.5) is 5.82 Å². The monoisotopic (exact) mass is 406 g/mol. The quantitative estimate of drug-likeness (QED) is 0.623. The van der Waals surface area contributed by atoms with Crippen molar-refractivity contribution in [2.45, 2.75) is 32.2 Å². The highest BCUT2D eigenvalue weighted by Crippen LogP contribution is 2.31. The van der Waals surface area contributed by atoms with Gasteiger partial charge >= 0.3 is 0 Å². The molecule has 0 aliphatic heterocycles. The highest BCUT2D eigenvalue weighted by Gasteiger charge is 2.32. The average Bonchev–Trinajstić information content (AvgIpc) is 3.45. The first-order valence-electron chi connectivity index (χ1n) is 9.62. The summed E-state index contributed by atoms with van der Waals surface area (Å²) in [4.78, 5) is 33.6. The lowest BCUT2D eigenvalue weighted by atomic mass is 10.1. The lowest BCUT2D eigenvalue weighted by molar-refractivity contribution is -0.123.